The Bertz CT molecular complexity index is 804. The van der Waals surface area contributed by atoms with E-state index in [0.717, 1.165) is 25.0 Å². The molecule has 2 aromatic rings. The Kier molecular flexibility index (Phi) is 5.21. The standard InChI is InChI=1S/C18H21F3N6O/c19-18(20,21)14-2-1-3-15(23-14)25-6-8-27(9-7-25)17-22-5-4-16(24-17)26-10-12-28-13-11-26/h1-5H,6-13H2. The molecule has 0 radical (unpaired) electrons. The van der Waals surface area contributed by atoms with Gasteiger partial charge < -0.3 is 19.4 Å². The predicted octanol–water partition coefficient (Wildman–Crippen LogP) is 2.05. The van der Waals surface area contributed by atoms with Crippen LogP contribution in [0.4, 0.5) is 30.8 Å². The molecule has 4 rings (SSSR count). The van der Waals surface area contributed by atoms with Gasteiger partial charge in [0.05, 0.1) is 13.2 Å². The smallest absolute Gasteiger partial charge is 0.378 e. The van der Waals surface area contributed by atoms with Gasteiger partial charge in [-0.3, -0.25) is 0 Å². The summed E-state index contributed by atoms with van der Waals surface area (Å²) in [5.41, 5.74) is -0.867. The summed E-state index contributed by atoms with van der Waals surface area (Å²) in [6, 6.07) is 5.88. The predicted molar refractivity (Wildman–Crippen MR) is 98.7 cm³/mol. The molecule has 0 bridgehead atoms. The van der Waals surface area contributed by atoms with Crippen molar-refractivity contribution >= 4 is 17.6 Å². The average molecular weight is 394 g/mol. The highest BCUT2D eigenvalue weighted by Gasteiger charge is 2.33. The molecule has 0 N–H and O–H groups in total. The lowest BCUT2D eigenvalue weighted by Gasteiger charge is -2.36. The zero-order valence-electron chi connectivity index (χ0n) is 15.3. The third kappa shape index (κ3) is 4.11. The number of anilines is 3. The monoisotopic (exact) mass is 394 g/mol. The van der Waals surface area contributed by atoms with Crippen molar-refractivity contribution in [1.29, 1.82) is 0 Å². The van der Waals surface area contributed by atoms with Gasteiger partial charge in [0.15, 0.2) is 0 Å². The van der Waals surface area contributed by atoms with Crippen molar-refractivity contribution in [1.82, 2.24) is 15.0 Å². The molecule has 0 unspecified atom stereocenters. The van der Waals surface area contributed by atoms with Crippen LogP contribution in [-0.4, -0.2) is 67.4 Å². The fraction of sp³-hybridized carbons (Fsp3) is 0.500. The van der Waals surface area contributed by atoms with Gasteiger partial charge in [-0.05, 0) is 18.2 Å². The molecular weight excluding hydrogens is 373 g/mol. The maximum Gasteiger partial charge on any atom is 0.433 e. The first-order valence-electron chi connectivity index (χ1n) is 9.20. The fourth-order valence-electron chi connectivity index (χ4n) is 3.35. The van der Waals surface area contributed by atoms with E-state index in [1.165, 1.54) is 6.07 Å². The minimum Gasteiger partial charge on any atom is -0.378 e. The van der Waals surface area contributed by atoms with Crippen LogP contribution in [-0.2, 0) is 10.9 Å². The summed E-state index contributed by atoms with van der Waals surface area (Å²) >= 11 is 0. The summed E-state index contributed by atoms with van der Waals surface area (Å²) in [7, 11) is 0. The van der Waals surface area contributed by atoms with E-state index in [1.807, 2.05) is 15.9 Å². The average Bonchev–Trinajstić information content (AvgIpc) is 2.74. The van der Waals surface area contributed by atoms with E-state index in [4.69, 9.17) is 4.74 Å². The van der Waals surface area contributed by atoms with Gasteiger partial charge >= 0.3 is 6.18 Å². The summed E-state index contributed by atoms with van der Waals surface area (Å²) in [5, 5.41) is 0. The van der Waals surface area contributed by atoms with Gasteiger partial charge in [-0.15, -0.1) is 0 Å². The molecule has 2 fully saturated rings. The zero-order valence-corrected chi connectivity index (χ0v) is 15.3. The number of alkyl halides is 3. The van der Waals surface area contributed by atoms with Crippen molar-refractivity contribution in [3.8, 4) is 0 Å². The molecule has 0 aliphatic carbocycles. The molecule has 2 aliphatic rings. The molecule has 0 aromatic carbocycles. The number of morpholine rings is 1. The van der Waals surface area contributed by atoms with Gasteiger partial charge in [0.1, 0.15) is 17.3 Å². The number of rotatable bonds is 3. The second-order valence-electron chi connectivity index (χ2n) is 6.67. The molecule has 2 saturated heterocycles. The number of ether oxygens (including phenoxy) is 1. The number of nitrogens with zero attached hydrogens (tertiary/aromatic N) is 6. The van der Waals surface area contributed by atoms with Gasteiger partial charge in [0.2, 0.25) is 5.95 Å². The topological polar surface area (TPSA) is 57.6 Å². The van der Waals surface area contributed by atoms with Crippen LogP contribution < -0.4 is 14.7 Å². The van der Waals surface area contributed by atoms with Crippen molar-refractivity contribution in [3.05, 3.63) is 36.2 Å². The minimum absolute atomic E-state index is 0.345. The van der Waals surface area contributed by atoms with Gasteiger partial charge in [-0.2, -0.15) is 18.2 Å². The first kappa shape index (κ1) is 18.7. The van der Waals surface area contributed by atoms with Crippen molar-refractivity contribution in [2.24, 2.45) is 0 Å². The quantitative estimate of drug-likeness (QED) is 0.790. The normalized spacial score (nSPS) is 18.5. The highest BCUT2D eigenvalue weighted by atomic mass is 19.4. The van der Waals surface area contributed by atoms with Gasteiger partial charge in [0.25, 0.3) is 0 Å². The SMILES string of the molecule is FC(F)(F)c1cccc(N2CCN(c3nccc(N4CCOCC4)n3)CC2)n1. The van der Waals surface area contributed by atoms with Crippen LogP contribution in [0.5, 0.6) is 0 Å². The Morgan fingerprint density at radius 3 is 2.14 bits per heavy atom. The second kappa shape index (κ2) is 7.78. The molecule has 0 amide bonds. The largest absolute Gasteiger partial charge is 0.433 e. The van der Waals surface area contributed by atoms with E-state index in [-0.39, 0.29) is 0 Å². The first-order chi connectivity index (χ1) is 13.5. The van der Waals surface area contributed by atoms with Gasteiger partial charge in [0, 0.05) is 45.5 Å². The number of halogens is 3. The third-order valence-corrected chi connectivity index (χ3v) is 4.87. The number of pyridine rings is 1. The van der Waals surface area contributed by atoms with Gasteiger partial charge in [-0.1, -0.05) is 6.07 Å². The molecule has 4 heterocycles. The third-order valence-electron chi connectivity index (χ3n) is 4.87. The number of piperazine rings is 1. The molecule has 0 atom stereocenters. The van der Waals surface area contributed by atoms with E-state index < -0.39 is 11.9 Å². The highest BCUT2D eigenvalue weighted by molar-refractivity contribution is 5.47. The summed E-state index contributed by atoms with van der Waals surface area (Å²) < 4.78 is 44.1. The Hall–Kier alpha value is -2.62. The molecular formula is C18H21F3N6O. The lowest BCUT2D eigenvalue weighted by Crippen LogP contribution is -2.47. The Morgan fingerprint density at radius 2 is 1.43 bits per heavy atom. The molecule has 0 spiro atoms. The summed E-state index contributed by atoms with van der Waals surface area (Å²) in [6.07, 6.45) is -2.69. The van der Waals surface area contributed by atoms with Crippen LogP contribution in [0, 0.1) is 0 Å². The Balaban J connectivity index is 1.42. The molecule has 0 saturated carbocycles. The number of hydrogen-bond acceptors (Lipinski definition) is 7. The van der Waals surface area contributed by atoms with Crippen molar-refractivity contribution in [2.45, 2.75) is 6.18 Å². The van der Waals surface area contributed by atoms with Crippen LogP contribution in [0.2, 0.25) is 0 Å². The summed E-state index contributed by atoms with van der Waals surface area (Å²) in [5.74, 6) is 1.85. The number of hydrogen-bond donors (Lipinski definition) is 0. The van der Waals surface area contributed by atoms with Crippen molar-refractivity contribution < 1.29 is 17.9 Å². The zero-order chi connectivity index (χ0) is 19.6. The maximum absolute atomic E-state index is 12.9. The molecule has 10 heteroatoms. The van der Waals surface area contributed by atoms with E-state index in [9.17, 15) is 13.2 Å². The Labute approximate surface area is 160 Å². The van der Waals surface area contributed by atoms with Crippen LogP contribution in [0.3, 0.4) is 0 Å². The summed E-state index contributed by atoms with van der Waals surface area (Å²) in [6.45, 7) is 5.30. The molecule has 2 aliphatic heterocycles. The number of aromatic nitrogens is 3. The lowest BCUT2D eigenvalue weighted by atomic mass is 10.3. The van der Waals surface area contributed by atoms with Gasteiger partial charge in [-0.25, -0.2) is 9.97 Å². The minimum atomic E-state index is -4.44. The highest BCUT2D eigenvalue weighted by Crippen LogP contribution is 2.29. The molecule has 28 heavy (non-hydrogen) atoms. The first-order valence-corrected chi connectivity index (χ1v) is 9.20. The fourth-order valence-corrected chi connectivity index (χ4v) is 3.35. The van der Waals surface area contributed by atoms with Crippen LogP contribution >= 0.6 is 0 Å². The van der Waals surface area contributed by atoms with E-state index in [2.05, 4.69) is 19.9 Å². The van der Waals surface area contributed by atoms with Crippen LogP contribution in [0.25, 0.3) is 0 Å². The van der Waals surface area contributed by atoms with E-state index >= 15 is 0 Å². The molecule has 7 nitrogen and oxygen atoms in total. The van der Waals surface area contributed by atoms with Crippen LogP contribution in [0.15, 0.2) is 30.5 Å². The van der Waals surface area contributed by atoms with Crippen molar-refractivity contribution in [2.75, 3.05) is 67.2 Å². The van der Waals surface area contributed by atoms with Crippen LogP contribution in [0.1, 0.15) is 5.69 Å². The lowest BCUT2D eigenvalue weighted by molar-refractivity contribution is -0.141. The molecule has 150 valence electrons. The second-order valence-corrected chi connectivity index (χ2v) is 6.67. The van der Waals surface area contributed by atoms with Crippen molar-refractivity contribution in [3.63, 3.8) is 0 Å². The maximum atomic E-state index is 12.9. The summed E-state index contributed by atoms with van der Waals surface area (Å²) in [4.78, 5) is 18.9. The van der Waals surface area contributed by atoms with E-state index in [1.54, 1.807) is 12.3 Å². The Morgan fingerprint density at radius 1 is 0.786 bits per heavy atom. The molecule has 2 aromatic heterocycles. The van der Waals surface area contributed by atoms with E-state index in [0.29, 0.717) is 51.2 Å².